The van der Waals surface area contributed by atoms with Gasteiger partial charge in [0.25, 0.3) is 0 Å². The molecule has 6 unspecified atom stereocenters. The number of methoxy groups -OCH3 is 2. The molecule has 0 radical (unpaired) electrons. The number of hydrogen-bond donors (Lipinski definition) is 2. The first-order valence-corrected chi connectivity index (χ1v) is 9.41. The standard InChI is InChI=1S/C21H26O7/c1-5-6-20-9-13(22)18(23)21(26-4,19(20)24)16(11(20)2)12-7-14(25-3)17-15(8-12)27-10-28-17/h5,7-8,11,13,16,19,22,24H,1,6,9-10H2,2-4H3. The maximum absolute atomic E-state index is 13.2. The zero-order valence-electron chi connectivity index (χ0n) is 16.3. The van der Waals surface area contributed by atoms with Crippen molar-refractivity contribution in [1.82, 2.24) is 0 Å². The summed E-state index contributed by atoms with van der Waals surface area (Å²) in [7, 11) is 2.94. The van der Waals surface area contributed by atoms with Crippen molar-refractivity contribution in [3.8, 4) is 17.2 Å². The van der Waals surface area contributed by atoms with Gasteiger partial charge in [-0.2, -0.15) is 0 Å². The quantitative estimate of drug-likeness (QED) is 0.741. The first kappa shape index (κ1) is 19.2. The molecule has 152 valence electrons. The van der Waals surface area contributed by atoms with Crippen LogP contribution in [0.5, 0.6) is 17.2 Å². The number of carbonyl (C=O) groups excluding carboxylic acids is 1. The second-order valence-corrected chi connectivity index (χ2v) is 7.93. The van der Waals surface area contributed by atoms with Gasteiger partial charge in [0.05, 0.1) is 13.2 Å². The highest BCUT2D eigenvalue weighted by atomic mass is 16.7. The van der Waals surface area contributed by atoms with Crippen LogP contribution in [0, 0.1) is 11.3 Å². The van der Waals surface area contributed by atoms with E-state index >= 15 is 0 Å². The molecule has 28 heavy (non-hydrogen) atoms. The van der Waals surface area contributed by atoms with E-state index in [1.165, 1.54) is 14.2 Å². The Labute approximate surface area is 163 Å². The number of Topliss-reactive ketones (excluding diaryl/α,β-unsaturated/α-hetero) is 1. The first-order chi connectivity index (χ1) is 13.4. The molecule has 0 spiro atoms. The van der Waals surface area contributed by atoms with Crippen LogP contribution >= 0.6 is 0 Å². The molecule has 0 amide bonds. The second kappa shape index (κ2) is 6.47. The highest BCUT2D eigenvalue weighted by Gasteiger charge is 2.73. The van der Waals surface area contributed by atoms with E-state index in [0.29, 0.717) is 23.7 Å². The molecule has 0 saturated heterocycles. The Hall–Kier alpha value is -2.09. The normalized spacial score (nSPS) is 38.5. The molecule has 1 aromatic rings. The van der Waals surface area contributed by atoms with Crippen LogP contribution in [-0.4, -0.2) is 54.8 Å². The van der Waals surface area contributed by atoms with E-state index in [4.69, 9.17) is 18.9 Å². The highest BCUT2D eigenvalue weighted by molar-refractivity contribution is 5.95. The molecule has 1 heterocycles. The largest absolute Gasteiger partial charge is 0.493 e. The maximum Gasteiger partial charge on any atom is 0.231 e. The Morgan fingerprint density at radius 1 is 1.32 bits per heavy atom. The number of rotatable bonds is 5. The zero-order chi connectivity index (χ0) is 20.3. The van der Waals surface area contributed by atoms with Crippen molar-refractivity contribution in [1.29, 1.82) is 0 Å². The van der Waals surface area contributed by atoms with Crippen LogP contribution in [-0.2, 0) is 9.53 Å². The molecule has 4 rings (SSSR count). The fourth-order valence-electron chi connectivity index (χ4n) is 5.70. The van der Waals surface area contributed by atoms with Crippen molar-refractivity contribution in [3.63, 3.8) is 0 Å². The van der Waals surface area contributed by atoms with Crippen LogP contribution in [0.3, 0.4) is 0 Å². The van der Waals surface area contributed by atoms with Gasteiger partial charge in [-0.05, 0) is 36.5 Å². The summed E-state index contributed by atoms with van der Waals surface area (Å²) in [6.45, 7) is 5.90. The molecule has 2 fully saturated rings. The molecular weight excluding hydrogens is 364 g/mol. The van der Waals surface area contributed by atoms with E-state index in [2.05, 4.69) is 6.58 Å². The predicted molar refractivity (Wildman–Crippen MR) is 99.6 cm³/mol. The topological polar surface area (TPSA) is 94.5 Å². The molecule has 0 aromatic heterocycles. The van der Waals surface area contributed by atoms with Crippen LogP contribution < -0.4 is 14.2 Å². The summed E-state index contributed by atoms with van der Waals surface area (Å²) in [5, 5.41) is 21.9. The van der Waals surface area contributed by atoms with Crippen LogP contribution in [0.1, 0.15) is 31.2 Å². The van der Waals surface area contributed by atoms with Crippen molar-refractivity contribution in [2.45, 2.75) is 43.5 Å². The summed E-state index contributed by atoms with van der Waals surface area (Å²) < 4.78 is 22.2. The summed E-state index contributed by atoms with van der Waals surface area (Å²) >= 11 is 0. The number of carbonyl (C=O) groups is 1. The first-order valence-electron chi connectivity index (χ1n) is 9.41. The zero-order valence-corrected chi connectivity index (χ0v) is 16.3. The van der Waals surface area contributed by atoms with E-state index < -0.39 is 34.9 Å². The van der Waals surface area contributed by atoms with Gasteiger partial charge >= 0.3 is 0 Å². The summed E-state index contributed by atoms with van der Waals surface area (Å²) in [5.74, 6) is 0.360. The van der Waals surface area contributed by atoms with Gasteiger partial charge in [0.1, 0.15) is 6.10 Å². The minimum Gasteiger partial charge on any atom is -0.493 e. The summed E-state index contributed by atoms with van der Waals surface area (Å²) in [6, 6.07) is 3.60. The van der Waals surface area contributed by atoms with Crippen LogP contribution in [0.4, 0.5) is 0 Å². The minimum absolute atomic E-state index is 0.0887. The lowest BCUT2D eigenvalue weighted by molar-refractivity contribution is -0.184. The fraction of sp³-hybridized carbons (Fsp3) is 0.571. The lowest BCUT2D eigenvalue weighted by Crippen LogP contribution is -2.62. The highest BCUT2D eigenvalue weighted by Crippen LogP contribution is 2.65. The minimum atomic E-state index is -1.56. The molecule has 2 bridgehead atoms. The molecule has 7 nitrogen and oxygen atoms in total. The third-order valence-corrected chi connectivity index (χ3v) is 6.98. The van der Waals surface area contributed by atoms with Gasteiger partial charge < -0.3 is 29.2 Å². The third kappa shape index (κ3) is 2.18. The van der Waals surface area contributed by atoms with Gasteiger partial charge in [0.15, 0.2) is 22.9 Å². The van der Waals surface area contributed by atoms with E-state index in [-0.39, 0.29) is 19.1 Å². The predicted octanol–water partition coefficient (Wildman–Crippen LogP) is 1.80. The molecular formula is C21H26O7. The monoisotopic (exact) mass is 390 g/mol. The SMILES string of the molecule is C=CCC12CC(O)C(=O)C(OC)(C(c3cc(OC)c4c(c3)OCO4)C1C)C2O. The van der Waals surface area contributed by atoms with Crippen LogP contribution in [0.25, 0.3) is 0 Å². The molecule has 6 atom stereocenters. The van der Waals surface area contributed by atoms with Gasteiger partial charge in [-0.3, -0.25) is 4.79 Å². The van der Waals surface area contributed by atoms with Gasteiger partial charge in [-0.25, -0.2) is 0 Å². The van der Waals surface area contributed by atoms with E-state index in [1.807, 2.05) is 13.0 Å². The molecule has 2 N–H and O–H groups in total. The molecule has 2 saturated carbocycles. The van der Waals surface area contributed by atoms with Gasteiger partial charge in [0.2, 0.25) is 12.5 Å². The van der Waals surface area contributed by atoms with Crippen molar-refractivity contribution >= 4 is 5.78 Å². The Morgan fingerprint density at radius 3 is 2.71 bits per heavy atom. The van der Waals surface area contributed by atoms with Gasteiger partial charge in [-0.15, -0.1) is 6.58 Å². The van der Waals surface area contributed by atoms with E-state index in [9.17, 15) is 15.0 Å². The lowest BCUT2D eigenvalue weighted by Gasteiger charge is -2.45. The molecule has 7 heteroatoms. The van der Waals surface area contributed by atoms with Crippen LogP contribution in [0.2, 0.25) is 0 Å². The second-order valence-electron chi connectivity index (χ2n) is 7.93. The van der Waals surface area contributed by atoms with Crippen molar-refractivity contribution in [3.05, 3.63) is 30.4 Å². The number of hydrogen-bond acceptors (Lipinski definition) is 7. The smallest absolute Gasteiger partial charge is 0.231 e. The van der Waals surface area contributed by atoms with Gasteiger partial charge in [-0.1, -0.05) is 13.0 Å². The summed E-state index contributed by atoms with van der Waals surface area (Å²) in [5.41, 5.74) is -1.54. The number of allylic oxidation sites excluding steroid dienone is 1. The fourth-order valence-corrected chi connectivity index (χ4v) is 5.70. The average Bonchev–Trinajstić information content (AvgIpc) is 3.21. The molecule has 1 aliphatic heterocycles. The lowest BCUT2D eigenvalue weighted by atomic mass is 9.65. The maximum atomic E-state index is 13.2. The van der Waals surface area contributed by atoms with Gasteiger partial charge in [0, 0.05) is 18.4 Å². The molecule has 2 aliphatic carbocycles. The Balaban J connectivity index is 1.94. The van der Waals surface area contributed by atoms with Crippen LogP contribution in [0.15, 0.2) is 24.8 Å². The Bertz CT molecular complexity index is 821. The number of aliphatic hydroxyl groups excluding tert-OH is 2. The number of ether oxygens (including phenoxy) is 4. The Morgan fingerprint density at radius 2 is 2.07 bits per heavy atom. The number of fused-ring (bicyclic) bond motifs is 3. The number of benzene rings is 1. The Kier molecular flexibility index (Phi) is 4.45. The third-order valence-electron chi connectivity index (χ3n) is 6.98. The van der Waals surface area contributed by atoms with E-state index in [1.54, 1.807) is 12.1 Å². The number of aliphatic hydroxyl groups is 2. The molecule has 1 aromatic carbocycles. The number of ketones is 1. The van der Waals surface area contributed by atoms with Crippen molar-refractivity contribution in [2.24, 2.45) is 11.3 Å². The average molecular weight is 390 g/mol. The van der Waals surface area contributed by atoms with E-state index in [0.717, 1.165) is 5.56 Å². The summed E-state index contributed by atoms with van der Waals surface area (Å²) in [6.07, 6.45) is 0.0829. The van der Waals surface area contributed by atoms with Crippen molar-refractivity contribution in [2.75, 3.05) is 21.0 Å². The summed E-state index contributed by atoms with van der Waals surface area (Å²) in [4.78, 5) is 13.2. The molecule has 3 aliphatic rings. The van der Waals surface area contributed by atoms with Crippen molar-refractivity contribution < 1.29 is 34.0 Å².